The number of carbonyl (C=O) groups is 1. The minimum atomic E-state index is -0.185. The van der Waals surface area contributed by atoms with Crippen LogP contribution >= 0.6 is 0 Å². The highest BCUT2D eigenvalue weighted by Gasteiger charge is 2.32. The Morgan fingerprint density at radius 3 is 2.27 bits per heavy atom. The molecular formula is C21H18N4O. The van der Waals surface area contributed by atoms with Crippen molar-refractivity contribution in [2.45, 2.75) is 12.5 Å². The maximum atomic E-state index is 12.7. The van der Waals surface area contributed by atoms with Crippen LogP contribution in [-0.4, -0.2) is 16.6 Å². The zero-order chi connectivity index (χ0) is 17.8. The molecule has 2 heterocycles. The lowest BCUT2D eigenvalue weighted by Gasteiger charge is -2.23. The lowest BCUT2D eigenvalue weighted by molar-refractivity contribution is -0.110. The summed E-state index contributed by atoms with van der Waals surface area (Å²) in [4.78, 5) is 16.6. The van der Waals surface area contributed by atoms with Gasteiger partial charge in [-0.25, -0.2) is 0 Å². The molecule has 0 saturated carbocycles. The van der Waals surface area contributed by atoms with Crippen LogP contribution in [-0.2, 0) is 4.79 Å². The van der Waals surface area contributed by atoms with Gasteiger partial charge in [0.15, 0.2) is 0 Å². The Labute approximate surface area is 152 Å². The number of pyridine rings is 1. The quantitative estimate of drug-likeness (QED) is 0.779. The molecule has 0 bridgehead atoms. The average Bonchev–Trinajstić information content (AvgIpc) is 3.16. The molecule has 0 radical (unpaired) electrons. The third kappa shape index (κ3) is 3.32. The van der Waals surface area contributed by atoms with E-state index in [4.69, 9.17) is 0 Å². The van der Waals surface area contributed by atoms with Gasteiger partial charge in [0.1, 0.15) is 5.71 Å². The van der Waals surface area contributed by atoms with Crippen molar-refractivity contribution in [2.75, 3.05) is 10.3 Å². The van der Waals surface area contributed by atoms with Gasteiger partial charge in [-0.3, -0.25) is 14.8 Å². The van der Waals surface area contributed by atoms with E-state index >= 15 is 0 Å². The predicted octanol–water partition coefficient (Wildman–Crippen LogP) is 4.03. The molecule has 0 aliphatic carbocycles. The molecule has 5 heteroatoms. The summed E-state index contributed by atoms with van der Waals surface area (Å²) in [6.45, 7) is 0. The van der Waals surface area contributed by atoms with E-state index in [2.05, 4.69) is 27.5 Å². The van der Waals surface area contributed by atoms with Gasteiger partial charge in [-0.05, 0) is 29.8 Å². The summed E-state index contributed by atoms with van der Waals surface area (Å²) < 4.78 is 0. The van der Waals surface area contributed by atoms with Crippen molar-refractivity contribution in [1.82, 2.24) is 4.98 Å². The number of aromatic nitrogens is 1. The number of carbonyl (C=O) groups excluding carboxylic acids is 1. The van der Waals surface area contributed by atoms with E-state index in [0.717, 1.165) is 11.3 Å². The van der Waals surface area contributed by atoms with Crippen molar-refractivity contribution in [3.63, 3.8) is 0 Å². The molecule has 0 unspecified atom stereocenters. The van der Waals surface area contributed by atoms with Crippen LogP contribution in [0.15, 0.2) is 90.3 Å². The second-order valence-electron chi connectivity index (χ2n) is 6.05. The molecule has 3 aromatic rings. The zero-order valence-electron chi connectivity index (χ0n) is 14.1. The molecule has 1 amide bonds. The fourth-order valence-electron chi connectivity index (χ4n) is 3.04. The Bertz CT molecular complexity index is 911. The number of para-hydroxylation sites is 1. The summed E-state index contributed by atoms with van der Waals surface area (Å²) >= 11 is 0. The fraction of sp³-hybridized carbons (Fsp3) is 0.0952. The number of rotatable bonds is 4. The molecule has 1 aliphatic heterocycles. The number of hydrogen-bond donors (Lipinski definition) is 1. The van der Waals surface area contributed by atoms with Crippen LogP contribution in [0.3, 0.4) is 0 Å². The van der Waals surface area contributed by atoms with Gasteiger partial charge in [-0.2, -0.15) is 5.10 Å². The van der Waals surface area contributed by atoms with Gasteiger partial charge in [0.2, 0.25) is 0 Å². The molecule has 0 saturated heterocycles. The summed E-state index contributed by atoms with van der Waals surface area (Å²) in [5.74, 6) is -0.185. The van der Waals surface area contributed by atoms with E-state index in [1.807, 2.05) is 53.5 Å². The third-order valence-electron chi connectivity index (χ3n) is 4.32. The fourth-order valence-corrected chi connectivity index (χ4v) is 3.04. The van der Waals surface area contributed by atoms with Crippen molar-refractivity contribution < 1.29 is 4.79 Å². The van der Waals surface area contributed by atoms with Crippen LogP contribution in [0.5, 0.6) is 0 Å². The smallest absolute Gasteiger partial charge is 0.271 e. The van der Waals surface area contributed by atoms with Gasteiger partial charge >= 0.3 is 0 Å². The second-order valence-corrected chi connectivity index (χ2v) is 6.05. The minimum Gasteiger partial charge on any atom is -0.321 e. The van der Waals surface area contributed by atoms with Crippen molar-refractivity contribution in [3.05, 3.63) is 90.8 Å². The molecule has 1 N–H and O–H groups in total. The highest BCUT2D eigenvalue weighted by Crippen LogP contribution is 2.35. The van der Waals surface area contributed by atoms with E-state index in [0.29, 0.717) is 17.8 Å². The molecule has 1 aliphatic rings. The molecule has 1 aromatic heterocycles. The Morgan fingerprint density at radius 1 is 0.923 bits per heavy atom. The van der Waals surface area contributed by atoms with Gasteiger partial charge < -0.3 is 5.32 Å². The molecule has 1 atom stereocenters. The maximum absolute atomic E-state index is 12.7. The summed E-state index contributed by atoms with van der Waals surface area (Å²) in [6.07, 6.45) is 3.85. The summed E-state index contributed by atoms with van der Waals surface area (Å²) in [6, 6.07) is 23.6. The first-order chi connectivity index (χ1) is 12.8. The highest BCUT2D eigenvalue weighted by atomic mass is 16.2. The molecule has 0 fully saturated rings. The summed E-state index contributed by atoms with van der Waals surface area (Å²) in [5.41, 5.74) is 3.32. The second kappa shape index (κ2) is 7.19. The van der Waals surface area contributed by atoms with Crippen molar-refractivity contribution in [3.8, 4) is 0 Å². The standard InChI is InChI=1S/C21H18N4O/c26-21(23-17-11-13-22-14-12-17)19-15-20(16-7-3-1-4-8-16)25(24-19)18-9-5-2-6-10-18/h1-14,20H,15H2,(H,22,23,26)/t20-/m0/s1. The summed E-state index contributed by atoms with van der Waals surface area (Å²) in [5, 5.41) is 9.45. The highest BCUT2D eigenvalue weighted by molar-refractivity contribution is 6.43. The molecule has 2 aromatic carbocycles. The topological polar surface area (TPSA) is 57.6 Å². The van der Waals surface area contributed by atoms with E-state index in [-0.39, 0.29) is 11.9 Å². The van der Waals surface area contributed by atoms with Crippen LogP contribution in [0.25, 0.3) is 0 Å². The zero-order valence-corrected chi connectivity index (χ0v) is 14.1. The minimum absolute atomic E-state index is 0.00297. The molecule has 0 spiro atoms. The van der Waals surface area contributed by atoms with E-state index < -0.39 is 0 Å². The van der Waals surface area contributed by atoms with Crippen molar-refractivity contribution >= 4 is 23.0 Å². The van der Waals surface area contributed by atoms with Gasteiger partial charge in [0.25, 0.3) is 5.91 Å². The first kappa shape index (κ1) is 16.0. The third-order valence-corrected chi connectivity index (χ3v) is 4.32. The van der Waals surface area contributed by atoms with Gasteiger partial charge in [-0.15, -0.1) is 0 Å². The predicted molar refractivity (Wildman–Crippen MR) is 103 cm³/mol. The number of nitrogens with one attached hydrogen (secondary N) is 1. The van der Waals surface area contributed by atoms with Gasteiger partial charge in [-0.1, -0.05) is 48.5 Å². The number of hydrazone groups is 1. The van der Waals surface area contributed by atoms with Crippen LogP contribution in [0, 0.1) is 0 Å². The molecule has 4 rings (SSSR count). The number of benzene rings is 2. The van der Waals surface area contributed by atoms with E-state index in [1.165, 1.54) is 0 Å². The Morgan fingerprint density at radius 2 is 1.58 bits per heavy atom. The van der Waals surface area contributed by atoms with Crippen LogP contribution in [0.1, 0.15) is 18.0 Å². The maximum Gasteiger partial charge on any atom is 0.271 e. The SMILES string of the molecule is O=C(Nc1ccncc1)C1=NN(c2ccccc2)[C@H](c2ccccc2)C1. The Balaban J connectivity index is 1.63. The normalized spacial score (nSPS) is 16.2. The Hall–Kier alpha value is -3.47. The Kier molecular flexibility index (Phi) is 4.43. The lowest BCUT2D eigenvalue weighted by Crippen LogP contribution is -2.21. The largest absolute Gasteiger partial charge is 0.321 e. The van der Waals surface area contributed by atoms with Crippen molar-refractivity contribution in [1.29, 1.82) is 0 Å². The van der Waals surface area contributed by atoms with Crippen LogP contribution < -0.4 is 10.3 Å². The van der Waals surface area contributed by atoms with Crippen molar-refractivity contribution in [2.24, 2.45) is 5.10 Å². The van der Waals surface area contributed by atoms with Crippen LogP contribution in [0.4, 0.5) is 11.4 Å². The van der Waals surface area contributed by atoms with Crippen LogP contribution in [0.2, 0.25) is 0 Å². The number of hydrogen-bond acceptors (Lipinski definition) is 4. The average molecular weight is 342 g/mol. The number of nitrogens with zero attached hydrogens (tertiary/aromatic N) is 3. The van der Waals surface area contributed by atoms with Gasteiger partial charge in [0, 0.05) is 24.5 Å². The monoisotopic (exact) mass is 342 g/mol. The van der Waals surface area contributed by atoms with E-state index in [1.54, 1.807) is 24.5 Å². The van der Waals surface area contributed by atoms with E-state index in [9.17, 15) is 4.79 Å². The number of amides is 1. The molecule has 128 valence electrons. The molecule has 26 heavy (non-hydrogen) atoms. The molecular weight excluding hydrogens is 324 g/mol. The molecule has 5 nitrogen and oxygen atoms in total. The lowest BCUT2D eigenvalue weighted by atomic mass is 10.0. The number of anilines is 2. The first-order valence-electron chi connectivity index (χ1n) is 8.49. The van der Waals surface area contributed by atoms with Gasteiger partial charge in [0.05, 0.1) is 11.7 Å². The summed E-state index contributed by atoms with van der Waals surface area (Å²) in [7, 11) is 0. The first-order valence-corrected chi connectivity index (χ1v) is 8.49.